The third kappa shape index (κ3) is 5.31. The second-order valence-corrected chi connectivity index (χ2v) is 10.2. The molecule has 0 bridgehead atoms. The lowest BCUT2D eigenvalue weighted by Gasteiger charge is -2.16. The summed E-state index contributed by atoms with van der Waals surface area (Å²) in [4.78, 5) is 51.0. The highest BCUT2D eigenvalue weighted by molar-refractivity contribution is 7.18. The molecule has 4 rings (SSSR count). The number of anilines is 1. The van der Waals surface area contributed by atoms with Crippen LogP contribution in [0.5, 0.6) is 0 Å². The number of hydrogen-bond donors (Lipinski definition) is 1. The van der Waals surface area contributed by atoms with Gasteiger partial charge in [-0.3, -0.25) is 19.0 Å². The number of carbonyl (C=O) groups excluding carboxylic acids is 2. The monoisotopic (exact) mass is 489 g/mol. The molecule has 0 aromatic carbocycles. The minimum atomic E-state index is -0.362. The Balaban J connectivity index is 1.58. The van der Waals surface area contributed by atoms with E-state index < -0.39 is 0 Å². The minimum absolute atomic E-state index is 0.0521. The van der Waals surface area contributed by atoms with Crippen molar-refractivity contribution in [2.75, 3.05) is 26.0 Å². The topological polar surface area (TPSA) is 106 Å². The maximum absolute atomic E-state index is 13.5. The van der Waals surface area contributed by atoms with Crippen LogP contribution in [-0.2, 0) is 46.7 Å². The van der Waals surface area contributed by atoms with Crippen LogP contribution >= 0.6 is 22.7 Å². The zero-order chi connectivity index (χ0) is 23.5. The van der Waals surface area contributed by atoms with Crippen LogP contribution in [0.4, 0.5) is 5.13 Å². The summed E-state index contributed by atoms with van der Waals surface area (Å²) in [6.07, 6.45) is 4.12. The summed E-state index contributed by atoms with van der Waals surface area (Å²) in [5.41, 5.74) is 1.48. The predicted molar refractivity (Wildman–Crippen MR) is 129 cm³/mol. The fourth-order valence-electron chi connectivity index (χ4n) is 3.96. The van der Waals surface area contributed by atoms with E-state index in [1.165, 1.54) is 20.8 Å². The highest BCUT2D eigenvalue weighted by Gasteiger charge is 2.23. The number of thiazole rings is 1. The van der Waals surface area contributed by atoms with Crippen LogP contribution < -0.4 is 10.9 Å². The van der Waals surface area contributed by atoms with Crippen molar-refractivity contribution < 1.29 is 14.3 Å². The Morgan fingerprint density at radius 2 is 2.03 bits per heavy atom. The summed E-state index contributed by atoms with van der Waals surface area (Å²) in [5, 5.41) is 5.50. The van der Waals surface area contributed by atoms with E-state index in [9.17, 15) is 14.4 Å². The van der Waals surface area contributed by atoms with Crippen molar-refractivity contribution in [3.63, 3.8) is 0 Å². The molecule has 0 aliphatic heterocycles. The van der Waals surface area contributed by atoms with Gasteiger partial charge in [0.2, 0.25) is 5.91 Å². The molecular formula is C22H27N5O4S2. The predicted octanol–water partition coefficient (Wildman–Crippen LogP) is 2.60. The largest absolute Gasteiger partial charge is 0.466 e. The molecule has 9 nitrogen and oxygen atoms in total. The van der Waals surface area contributed by atoms with Crippen LogP contribution in [0, 0.1) is 0 Å². The van der Waals surface area contributed by atoms with Crippen LogP contribution in [0.3, 0.4) is 0 Å². The number of aromatic nitrogens is 3. The van der Waals surface area contributed by atoms with Gasteiger partial charge < -0.3 is 15.0 Å². The molecule has 0 saturated heterocycles. The second kappa shape index (κ2) is 10.1. The highest BCUT2D eigenvalue weighted by Crippen LogP contribution is 2.33. The van der Waals surface area contributed by atoms with Gasteiger partial charge in [0.15, 0.2) is 5.13 Å². The van der Waals surface area contributed by atoms with Gasteiger partial charge in [-0.25, -0.2) is 9.97 Å². The van der Waals surface area contributed by atoms with Crippen LogP contribution in [0.15, 0.2) is 10.2 Å². The van der Waals surface area contributed by atoms with Crippen molar-refractivity contribution in [1.29, 1.82) is 0 Å². The Morgan fingerprint density at radius 3 is 2.79 bits per heavy atom. The van der Waals surface area contributed by atoms with Crippen LogP contribution in [-0.4, -0.2) is 52.0 Å². The molecule has 0 fully saturated rings. The average Bonchev–Trinajstić information content (AvgIpc) is 3.34. The first-order valence-electron chi connectivity index (χ1n) is 10.9. The van der Waals surface area contributed by atoms with Crippen molar-refractivity contribution >= 4 is 49.9 Å². The number of nitrogens with one attached hydrogen (secondary N) is 1. The molecule has 1 aliphatic carbocycles. The fraction of sp³-hybridized carbons (Fsp3) is 0.500. The lowest BCUT2D eigenvalue weighted by atomic mass is 9.97. The van der Waals surface area contributed by atoms with Crippen LogP contribution in [0.25, 0.3) is 10.2 Å². The molecule has 3 aromatic rings. The number of hydrogen-bond acceptors (Lipinski definition) is 9. The van der Waals surface area contributed by atoms with Gasteiger partial charge in [0.25, 0.3) is 5.56 Å². The number of thiophene rings is 1. The van der Waals surface area contributed by atoms with Gasteiger partial charge in [-0.15, -0.1) is 22.7 Å². The Hall–Kier alpha value is -2.63. The number of carbonyl (C=O) groups is 2. The van der Waals surface area contributed by atoms with E-state index in [4.69, 9.17) is 9.72 Å². The van der Waals surface area contributed by atoms with Gasteiger partial charge in [0, 0.05) is 10.3 Å². The van der Waals surface area contributed by atoms with Gasteiger partial charge in [0.05, 0.1) is 30.7 Å². The van der Waals surface area contributed by atoms with Crippen LogP contribution in [0.2, 0.25) is 0 Å². The second-order valence-electron chi connectivity index (χ2n) is 8.22. The molecule has 0 radical (unpaired) electrons. The minimum Gasteiger partial charge on any atom is -0.466 e. The molecule has 1 amide bonds. The number of esters is 1. The lowest BCUT2D eigenvalue weighted by Crippen LogP contribution is -2.33. The molecule has 1 aliphatic rings. The lowest BCUT2D eigenvalue weighted by molar-refractivity contribution is -0.142. The molecule has 1 N–H and O–H groups in total. The molecule has 0 unspecified atom stereocenters. The first-order valence-corrected chi connectivity index (χ1v) is 12.6. The Bertz CT molecular complexity index is 1240. The van der Waals surface area contributed by atoms with E-state index >= 15 is 0 Å². The number of ether oxygens (including phenoxy) is 1. The molecule has 0 atom stereocenters. The molecule has 176 valence electrons. The highest BCUT2D eigenvalue weighted by atomic mass is 32.1. The number of nitrogens with zero attached hydrogens (tertiary/aromatic N) is 4. The third-order valence-corrected chi connectivity index (χ3v) is 7.33. The normalized spacial score (nSPS) is 13.3. The molecule has 0 saturated carbocycles. The number of aryl methyl sites for hydroxylation is 2. The van der Waals surface area contributed by atoms with Crippen molar-refractivity contribution in [2.45, 2.75) is 52.1 Å². The number of rotatable bonds is 8. The number of fused-ring (bicyclic) bond motifs is 3. The van der Waals surface area contributed by atoms with Crippen molar-refractivity contribution in [3.8, 4) is 0 Å². The molecule has 11 heteroatoms. The summed E-state index contributed by atoms with van der Waals surface area (Å²) in [6, 6.07) is 0. The zero-order valence-corrected chi connectivity index (χ0v) is 20.6. The quantitative estimate of drug-likeness (QED) is 0.485. The molecule has 3 heterocycles. The van der Waals surface area contributed by atoms with Gasteiger partial charge in [0.1, 0.15) is 17.2 Å². The molecule has 33 heavy (non-hydrogen) atoms. The molecule has 0 spiro atoms. The van der Waals surface area contributed by atoms with Crippen molar-refractivity contribution in [1.82, 2.24) is 19.4 Å². The SMILES string of the molecule is CCOC(=O)Cc1csc(NC(=O)Cn2c(CN(C)C)nc3sc4c(c3c2=O)CCCC4)n1. The summed E-state index contributed by atoms with van der Waals surface area (Å²) in [6.45, 7) is 2.35. The van der Waals surface area contributed by atoms with E-state index in [0.717, 1.165) is 36.1 Å². The van der Waals surface area contributed by atoms with Crippen LogP contribution in [0.1, 0.15) is 41.7 Å². The Labute approximate surface area is 199 Å². The first kappa shape index (κ1) is 23.5. The molecule has 3 aromatic heterocycles. The third-order valence-electron chi connectivity index (χ3n) is 5.34. The summed E-state index contributed by atoms with van der Waals surface area (Å²) in [7, 11) is 3.81. The summed E-state index contributed by atoms with van der Waals surface area (Å²) < 4.78 is 6.41. The van der Waals surface area contributed by atoms with E-state index in [0.29, 0.717) is 35.2 Å². The van der Waals surface area contributed by atoms with Gasteiger partial charge in [-0.1, -0.05) is 0 Å². The maximum atomic E-state index is 13.5. The summed E-state index contributed by atoms with van der Waals surface area (Å²) >= 11 is 2.84. The van der Waals surface area contributed by atoms with Gasteiger partial charge >= 0.3 is 5.97 Å². The van der Waals surface area contributed by atoms with E-state index in [1.807, 2.05) is 19.0 Å². The van der Waals surface area contributed by atoms with Gasteiger partial charge in [-0.2, -0.15) is 0 Å². The summed E-state index contributed by atoms with van der Waals surface area (Å²) in [5.74, 6) is -0.160. The van der Waals surface area contributed by atoms with Gasteiger partial charge in [-0.05, 0) is 52.3 Å². The Kier molecular flexibility index (Phi) is 7.20. The zero-order valence-electron chi connectivity index (χ0n) is 19.0. The Morgan fingerprint density at radius 1 is 1.24 bits per heavy atom. The maximum Gasteiger partial charge on any atom is 0.311 e. The molecular weight excluding hydrogens is 462 g/mol. The van der Waals surface area contributed by atoms with E-state index in [2.05, 4.69) is 10.3 Å². The fourth-order valence-corrected chi connectivity index (χ4v) is 5.95. The van der Waals surface area contributed by atoms with E-state index in [-0.39, 0.29) is 30.4 Å². The van der Waals surface area contributed by atoms with E-state index in [1.54, 1.807) is 23.6 Å². The van der Waals surface area contributed by atoms with Crippen molar-refractivity contribution in [2.24, 2.45) is 0 Å². The standard InChI is InChI=1S/C22H27N5O4S2/c1-4-31-18(29)9-13-12-32-22(23-13)25-17(28)11-27-16(10-26(2)3)24-20-19(21(27)30)14-7-5-6-8-15(14)33-20/h12H,4-11H2,1-3H3,(H,23,25,28). The smallest absolute Gasteiger partial charge is 0.311 e. The average molecular weight is 490 g/mol. The van der Waals surface area contributed by atoms with Crippen molar-refractivity contribution in [3.05, 3.63) is 37.7 Å². The first-order chi connectivity index (χ1) is 15.9. The number of amides is 1.